The summed E-state index contributed by atoms with van der Waals surface area (Å²) in [4.78, 5) is 16.7. The van der Waals surface area contributed by atoms with E-state index in [0.29, 0.717) is 18.7 Å². The monoisotopic (exact) mass is 474 g/mol. The standard InChI is InChI=1S/C20H34N4O.HI/c1-4-7-8-9-14-23-20(21-6-3)24-16-17-11-10-12-18(15-17)19(25)22-13-5-2;/h10-12,15H,4-9,13-14,16H2,1-3H3,(H,22,25)(H2,21,23,24);1H. The van der Waals surface area contributed by atoms with Gasteiger partial charge in [0.2, 0.25) is 0 Å². The Balaban J connectivity index is 0.00000625. The zero-order chi connectivity index (χ0) is 18.3. The summed E-state index contributed by atoms with van der Waals surface area (Å²) in [6.07, 6.45) is 5.87. The molecule has 0 aromatic heterocycles. The van der Waals surface area contributed by atoms with E-state index >= 15 is 0 Å². The van der Waals surface area contributed by atoms with Gasteiger partial charge in [-0.05, 0) is 37.5 Å². The van der Waals surface area contributed by atoms with Gasteiger partial charge in [-0.2, -0.15) is 0 Å². The third-order valence-corrected chi connectivity index (χ3v) is 3.81. The number of nitrogens with one attached hydrogen (secondary N) is 3. The van der Waals surface area contributed by atoms with E-state index < -0.39 is 0 Å². The molecule has 0 atom stereocenters. The lowest BCUT2D eigenvalue weighted by Crippen LogP contribution is -2.37. The van der Waals surface area contributed by atoms with Gasteiger partial charge in [0.25, 0.3) is 5.91 Å². The van der Waals surface area contributed by atoms with E-state index in [1.54, 1.807) is 0 Å². The Morgan fingerprint density at radius 1 is 0.962 bits per heavy atom. The van der Waals surface area contributed by atoms with Crippen LogP contribution in [0.4, 0.5) is 0 Å². The molecule has 0 aliphatic rings. The normalized spacial score (nSPS) is 10.8. The lowest BCUT2D eigenvalue weighted by atomic mass is 10.1. The first-order chi connectivity index (χ1) is 12.2. The van der Waals surface area contributed by atoms with Crippen molar-refractivity contribution in [3.63, 3.8) is 0 Å². The largest absolute Gasteiger partial charge is 0.357 e. The SMILES string of the molecule is CCCCCCNC(=NCc1cccc(C(=O)NCCC)c1)NCC.I. The minimum Gasteiger partial charge on any atom is -0.357 e. The Morgan fingerprint density at radius 3 is 2.46 bits per heavy atom. The van der Waals surface area contributed by atoms with Gasteiger partial charge in [0.05, 0.1) is 6.54 Å². The molecule has 1 amide bonds. The van der Waals surface area contributed by atoms with E-state index in [2.05, 4.69) is 34.8 Å². The third kappa shape index (κ3) is 10.6. The topological polar surface area (TPSA) is 65.5 Å². The van der Waals surface area contributed by atoms with Crippen molar-refractivity contribution in [2.75, 3.05) is 19.6 Å². The summed E-state index contributed by atoms with van der Waals surface area (Å²) in [5, 5.41) is 9.55. The number of carbonyl (C=O) groups excluding carboxylic acids is 1. The summed E-state index contributed by atoms with van der Waals surface area (Å²) >= 11 is 0. The average Bonchev–Trinajstić information content (AvgIpc) is 2.64. The number of hydrogen-bond acceptors (Lipinski definition) is 2. The highest BCUT2D eigenvalue weighted by Crippen LogP contribution is 2.07. The van der Waals surface area contributed by atoms with Gasteiger partial charge in [0.15, 0.2) is 5.96 Å². The van der Waals surface area contributed by atoms with Crippen molar-refractivity contribution >= 4 is 35.8 Å². The smallest absolute Gasteiger partial charge is 0.251 e. The molecule has 1 aromatic rings. The molecule has 1 aromatic carbocycles. The van der Waals surface area contributed by atoms with Crippen LogP contribution in [0.5, 0.6) is 0 Å². The summed E-state index contributed by atoms with van der Waals surface area (Å²) in [5.41, 5.74) is 1.73. The first-order valence-electron chi connectivity index (χ1n) is 9.60. The Morgan fingerprint density at radius 2 is 1.77 bits per heavy atom. The molecule has 0 saturated heterocycles. The van der Waals surface area contributed by atoms with Gasteiger partial charge in [-0.1, -0.05) is 45.2 Å². The maximum Gasteiger partial charge on any atom is 0.251 e. The van der Waals surface area contributed by atoms with E-state index in [1.165, 1.54) is 19.3 Å². The molecule has 0 aliphatic carbocycles. The van der Waals surface area contributed by atoms with Crippen molar-refractivity contribution in [1.29, 1.82) is 0 Å². The summed E-state index contributed by atoms with van der Waals surface area (Å²) in [7, 11) is 0. The minimum absolute atomic E-state index is 0. The Bertz CT molecular complexity index is 534. The van der Waals surface area contributed by atoms with Gasteiger partial charge in [-0.15, -0.1) is 24.0 Å². The molecule has 26 heavy (non-hydrogen) atoms. The first-order valence-corrected chi connectivity index (χ1v) is 9.60. The maximum atomic E-state index is 12.1. The van der Waals surface area contributed by atoms with Gasteiger partial charge in [0.1, 0.15) is 0 Å². The number of halogens is 1. The zero-order valence-corrected chi connectivity index (χ0v) is 18.8. The van der Waals surface area contributed by atoms with E-state index in [0.717, 1.165) is 37.5 Å². The Labute approximate surface area is 175 Å². The maximum absolute atomic E-state index is 12.1. The van der Waals surface area contributed by atoms with Crippen LogP contribution < -0.4 is 16.0 Å². The van der Waals surface area contributed by atoms with Crippen molar-refractivity contribution < 1.29 is 4.79 Å². The van der Waals surface area contributed by atoms with Gasteiger partial charge in [0, 0.05) is 25.2 Å². The fourth-order valence-electron chi connectivity index (χ4n) is 2.42. The second kappa shape index (κ2) is 15.9. The fourth-order valence-corrected chi connectivity index (χ4v) is 2.42. The van der Waals surface area contributed by atoms with E-state index in [4.69, 9.17) is 0 Å². The predicted molar refractivity (Wildman–Crippen MR) is 121 cm³/mol. The number of aliphatic imine (C=N–C) groups is 1. The summed E-state index contributed by atoms with van der Waals surface area (Å²) < 4.78 is 0. The molecule has 1 rings (SSSR count). The summed E-state index contributed by atoms with van der Waals surface area (Å²) in [5.74, 6) is 0.813. The summed E-state index contributed by atoms with van der Waals surface area (Å²) in [6.45, 7) is 9.35. The van der Waals surface area contributed by atoms with E-state index in [9.17, 15) is 4.79 Å². The molecule has 0 spiro atoms. The third-order valence-electron chi connectivity index (χ3n) is 3.81. The Kier molecular flexibility index (Phi) is 15.1. The molecule has 0 fully saturated rings. The van der Waals surface area contributed by atoms with Gasteiger partial charge < -0.3 is 16.0 Å². The molecule has 0 heterocycles. The van der Waals surface area contributed by atoms with Crippen LogP contribution in [-0.4, -0.2) is 31.5 Å². The molecule has 0 saturated carbocycles. The van der Waals surface area contributed by atoms with Crippen LogP contribution in [-0.2, 0) is 6.54 Å². The summed E-state index contributed by atoms with van der Waals surface area (Å²) in [6, 6.07) is 7.68. The molecule has 0 radical (unpaired) electrons. The van der Waals surface area contributed by atoms with Gasteiger partial charge in [-0.3, -0.25) is 4.79 Å². The second-order valence-corrected chi connectivity index (χ2v) is 6.14. The molecule has 0 bridgehead atoms. The number of carbonyl (C=O) groups is 1. The predicted octanol–water partition coefficient (Wildman–Crippen LogP) is 4.08. The van der Waals surface area contributed by atoms with Crippen molar-refractivity contribution in [2.45, 2.75) is 59.4 Å². The minimum atomic E-state index is -0.0198. The number of hydrogen-bond donors (Lipinski definition) is 3. The van der Waals surface area contributed by atoms with Gasteiger partial charge in [-0.25, -0.2) is 4.99 Å². The lowest BCUT2D eigenvalue weighted by Gasteiger charge is -2.11. The lowest BCUT2D eigenvalue weighted by molar-refractivity contribution is 0.0953. The Hall–Kier alpha value is -1.31. The van der Waals surface area contributed by atoms with E-state index in [1.807, 2.05) is 31.2 Å². The highest BCUT2D eigenvalue weighted by molar-refractivity contribution is 14.0. The van der Waals surface area contributed by atoms with Gasteiger partial charge >= 0.3 is 0 Å². The quantitative estimate of drug-likeness (QED) is 0.196. The highest BCUT2D eigenvalue weighted by Gasteiger charge is 2.05. The molecular weight excluding hydrogens is 439 g/mol. The fraction of sp³-hybridized carbons (Fsp3) is 0.600. The van der Waals surface area contributed by atoms with Crippen molar-refractivity contribution in [1.82, 2.24) is 16.0 Å². The van der Waals surface area contributed by atoms with E-state index in [-0.39, 0.29) is 29.9 Å². The zero-order valence-electron chi connectivity index (χ0n) is 16.4. The molecule has 0 aliphatic heterocycles. The number of rotatable bonds is 11. The molecule has 148 valence electrons. The number of benzene rings is 1. The highest BCUT2D eigenvalue weighted by atomic mass is 127. The first kappa shape index (κ1) is 24.7. The molecular formula is C20H35IN4O. The van der Waals surface area contributed by atoms with Crippen molar-refractivity contribution in [3.05, 3.63) is 35.4 Å². The number of unbranched alkanes of at least 4 members (excludes halogenated alkanes) is 3. The van der Waals surface area contributed by atoms with Crippen LogP contribution >= 0.6 is 24.0 Å². The van der Waals surface area contributed by atoms with Crippen LogP contribution in [0, 0.1) is 0 Å². The number of nitrogens with zero attached hydrogens (tertiary/aromatic N) is 1. The van der Waals surface area contributed by atoms with Crippen LogP contribution in [0.25, 0.3) is 0 Å². The number of amides is 1. The van der Waals surface area contributed by atoms with Crippen LogP contribution in [0.2, 0.25) is 0 Å². The number of guanidine groups is 1. The van der Waals surface area contributed by atoms with Crippen LogP contribution in [0.1, 0.15) is 68.8 Å². The van der Waals surface area contributed by atoms with Crippen LogP contribution in [0.3, 0.4) is 0 Å². The second-order valence-electron chi connectivity index (χ2n) is 6.14. The average molecular weight is 474 g/mol. The van der Waals surface area contributed by atoms with Crippen LogP contribution in [0.15, 0.2) is 29.3 Å². The molecule has 0 unspecified atom stereocenters. The molecule has 3 N–H and O–H groups in total. The van der Waals surface area contributed by atoms with Crippen molar-refractivity contribution in [2.24, 2.45) is 4.99 Å². The molecule has 6 heteroatoms. The van der Waals surface area contributed by atoms with Crippen molar-refractivity contribution in [3.8, 4) is 0 Å². The molecule has 5 nitrogen and oxygen atoms in total.